The van der Waals surface area contributed by atoms with Crippen LogP contribution in [0.2, 0.25) is 0 Å². The molecule has 6 nitrogen and oxygen atoms in total. The minimum atomic E-state index is -0.593. The molecule has 0 aliphatic carbocycles. The quantitative estimate of drug-likeness (QED) is 0.381. The third-order valence-electron chi connectivity index (χ3n) is 2.96. The zero-order chi connectivity index (χ0) is 15.2. The van der Waals surface area contributed by atoms with Crippen molar-refractivity contribution in [3.63, 3.8) is 0 Å². The Morgan fingerprint density at radius 2 is 1.90 bits per heavy atom. The number of nitro benzene ring substituents is 1. The maximum atomic E-state index is 11.2. The number of carbonyl (C=O) groups is 1. The van der Waals surface area contributed by atoms with Crippen molar-refractivity contribution >= 4 is 17.7 Å². The number of hydrogen-bond donors (Lipinski definition) is 1. The van der Waals surface area contributed by atoms with Crippen molar-refractivity contribution in [1.82, 2.24) is 0 Å². The van der Waals surface area contributed by atoms with Gasteiger partial charge in [-0.05, 0) is 11.6 Å². The van der Waals surface area contributed by atoms with Crippen molar-refractivity contribution < 1.29 is 14.5 Å². The first-order chi connectivity index (χ1) is 10.1. The lowest BCUT2D eigenvalue weighted by atomic mass is 10.1. The Kier molecular flexibility index (Phi) is 4.50. The van der Waals surface area contributed by atoms with Gasteiger partial charge >= 0.3 is 5.69 Å². The first-order valence-electron chi connectivity index (χ1n) is 6.29. The van der Waals surface area contributed by atoms with Gasteiger partial charge in [0.1, 0.15) is 18.6 Å². The molecule has 0 radical (unpaired) electrons. The number of benzene rings is 2. The number of rotatable bonds is 6. The Morgan fingerprint density at radius 1 is 1.19 bits per heavy atom. The van der Waals surface area contributed by atoms with Gasteiger partial charge in [-0.1, -0.05) is 36.4 Å². The predicted octanol–water partition coefficient (Wildman–Crippen LogP) is 2.50. The summed E-state index contributed by atoms with van der Waals surface area (Å²) in [5, 5.41) is 11.2. The Labute approximate surface area is 121 Å². The first kappa shape index (κ1) is 14.5. The molecule has 2 N–H and O–H groups in total. The fraction of sp³-hybridized carbons (Fsp3) is 0.133. The predicted molar refractivity (Wildman–Crippen MR) is 78.1 cm³/mol. The van der Waals surface area contributed by atoms with Crippen molar-refractivity contribution in [2.75, 3.05) is 5.73 Å². The second-order valence-electron chi connectivity index (χ2n) is 4.39. The number of nitrogens with zero attached hydrogens (tertiary/aromatic N) is 1. The molecule has 2 rings (SSSR count). The van der Waals surface area contributed by atoms with E-state index < -0.39 is 4.92 Å². The largest absolute Gasteiger partial charge is 0.482 e. The van der Waals surface area contributed by atoms with Crippen LogP contribution in [0.5, 0.6) is 5.75 Å². The number of anilines is 1. The Balaban J connectivity index is 2.36. The van der Waals surface area contributed by atoms with E-state index in [2.05, 4.69) is 0 Å². The maximum absolute atomic E-state index is 11.2. The van der Waals surface area contributed by atoms with Gasteiger partial charge in [0.05, 0.1) is 4.92 Å². The van der Waals surface area contributed by atoms with E-state index in [9.17, 15) is 14.9 Å². The highest BCUT2D eigenvalue weighted by molar-refractivity contribution is 5.71. The normalized spacial score (nSPS) is 10.1. The van der Waals surface area contributed by atoms with Crippen molar-refractivity contribution in [1.29, 1.82) is 0 Å². The molecule has 108 valence electrons. The lowest BCUT2D eigenvalue weighted by molar-refractivity contribution is -0.385. The van der Waals surface area contributed by atoms with Crippen LogP contribution in [0.3, 0.4) is 0 Å². The van der Waals surface area contributed by atoms with Gasteiger partial charge in [-0.15, -0.1) is 0 Å². The molecule has 2 aromatic carbocycles. The summed E-state index contributed by atoms with van der Waals surface area (Å²) < 4.78 is 5.57. The number of aldehydes is 1. The van der Waals surface area contributed by atoms with Crippen LogP contribution in [0.4, 0.5) is 11.4 Å². The summed E-state index contributed by atoms with van der Waals surface area (Å²) in [6, 6.07) is 12.2. The van der Waals surface area contributed by atoms with Crippen LogP contribution in [-0.4, -0.2) is 11.2 Å². The molecule has 0 heterocycles. The lowest BCUT2D eigenvalue weighted by Crippen LogP contribution is -2.05. The van der Waals surface area contributed by atoms with Crippen LogP contribution in [0.1, 0.15) is 11.1 Å². The summed E-state index contributed by atoms with van der Waals surface area (Å²) in [7, 11) is 0. The average Bonchev–Trinajstić information content (AvgIpc) is 2.48. The average molecular weight is 286 g/mol. The number of carbonyl (C=O) groups excluding carboxylic acids is 1. The molecule has 0 aliphatic rings. The molecule has 0 spiro atoms. The second kappa shape index (κ2) is 6.51. The van der Waals surface area contributed by atoms with Crippen molar-refractivity contribution in [3.05, 3.63) is 63.7 Å². The van der Waals surface area contributed by atoms with Gasteiger partial charge in [-0.3, -0.25) is 10.1 Å². The van der Waals surface area contributed by atoms with Crippen LogP contribution < -0.4 is 10.5 Å². The van der Waals surface area contributed by atoms with Crippen LogP contribution in [0, 0.1) is 10.1 Å². The first-order valence-corrected chi connectivity index (χ1v) is 6.29. The highest BCUT2D eigenvalue weighted by Crippen LogP contribution is 2.37. The molecule has 6 heteroatoms. The van der Waals surface area contributed by atoms with Crippen molar-refractivity contribution in [3.8, 4) is 5.75 Å². The van der Waals surface area contributed by atoms with Gasteiger partial charge in [0.2, 0.25) is 5.75 Å². The molecule has 0 saturated heterocycles. The summed E-state index contributed by atoms with van der Waals surface area (Å²) >= 11 is 0. The zero-order valence-corrected chi connectivity index (χ0v) is 11.2. The molecule has 2 aromatic rings. The van der Waals surface area contributed by atoms with E-state index in [1.807, 2.05) is 30.3 Å². The summed E-state index contributed by atoms with van der Waals surface area (Å²) in [5.41, 5.74) is 6.67. The Hall–Kier alpha value is -2.89. The van der Waals surface area contributed by atoms with Gasteiger partial charge in [0.15, 0.2) is 0 Å². The number of ether oxygens (including phenoxy) is 1. The second-order valence-corrected chi connectivity index (χ2v) is 4.39. The SMILES string of the molecule is Nc1ccc(CC=O)c(OCc2ccccc2)c1[N+](=O)[O-]. The number of nitrogen functional groups attached to an aromatic ring is 1. The van der Waals surface area contributed by atoms with Gasteiger partial charge in [-0.2, -0.15) is 0 Å². The van der Waals surface area contributed by atoms with E-state index >= 15 is 0 Å². The molecule has 0 aromatic heterocycles. The lowest BCUT2D eigenvalue weighted by Gasteiger charge is -2.12. The van der Waals surface area contributed by atoms with Gasteiger partial charge in [0, 0.05) is 12.0 Å². The van der Waals surface area contributed by atoms with E-state index in [0.29, 0.717) is 11.8 Å². The minimum Gasteiger partial charge on any atom is -0.482 e. The molecule has 0 fully saturated rings. The maximum Gasteiger partial charge on any atom is 0.333 e. The molecule has 0 bridgehead atoms. The third-order valence-corrected chi connectivity index (χ3v) is 2.96. The molecule has 0 atom stereocenters. The molecule has 0 amide bonds. The van der Waals surface area contributed by atoms with Crippen molar-refractivity contribution in [2.45, 2.75) is 13.0 Å². The van der Waals surface area contributed by atoms with Crippen LogP contribution >= 0.6 is 0 Å². The van der Waals surface area contributed by atoms with Crippen LogP contribution in [0.25, 0.3) is 0 Å². The van der Waals surface area contributed by atoms with E-state index in [-0.39, 0.29) is 30.2 Å². The topological polar surface area (TPSA) is 95.5 Å². The monoisotopic (exact) mass is 286 g/mol. The van der Waals surface area contributed by atoms with E-state index in [0.717, 1.165) is 5.56 Å². The van der Waals surface area contributed by atoms with E-state index in [4.69, 9.17) is 10.5 Å². The molecule has 0 aliphatic heterocycles. The Morgan fingerprint density at radius 3 is 2.52 bits per heavy atom. The van der Waals surface area contributed by atoms with Crippen LogP contribution in [0.15, 0.2) is 42.5 Å². The third kappa shape index (κ3) is 3.36. The Bertz CT molecular complexity index is 656. The highest BCUT2D eigenvalue weighted by Gasteiger charge is 2.23. The highest BCUT2D eigenvalue weighted by atomic mass is 16.6. The molecule has 21 heavy (non-hydrogen) atoms. The molecular formula is C15H14N2O4. The summed E-state index contributed by atoms with van der Waals surface area (Å²) in [6.45, 7) is 0.164. The number of hydrogen-bond acceptors (Lipinski definition) is 5. The molecule has 0 saturated carbocycles. The van der Waals surface area contributed by atoms with Gasteiger partial charge in [0.25, 0.3) is 0 Å². The van der Waals surface area contributed by atoms with Gasteiger partial charge < -0.3 is 15.3 Å². The number of nitro groups is 1. The minimum absolute atomic E-state index is 0.0118. The fourth-order valence-corrected chi connectivity index (χ4v) is 1.96. The zero-order valence-electron chi connectivity index (χ0n) is 11.2. The summed E-state index contributed by atoms with van der Waals surface area (Å²) in [4.78, 5) is 21.3. The van der Waals surface area contributed by atoms with E-state index in [1.165, 1.54) is 6.07 Å². The molecule has 0 unspecified atom stereocenters. The van der Waals surface area contributed by atoms with Crippen LogP contribution in [-0.2, 0) is 17.8 Å². The summed E-state index contributed by atoms with van der Waals surface area (Å²) in [5.74, 6) is 0.0518. The smallest absolute Gasteiger partial charge is 0.333 e. The standard InChI is InChI=1S/C15H14N2O4/c16-13-7-6-12(8-9-18)15(14(13)17(19)20)21-10-11-4-2-1-3-5-11/h1-7,9H,8,10,16H2. The van der Waals surface area contributed by atoms with Crippen molar-refractivity contribution in [2.24, 2.45) is 0 Å². The van der Waals surface area contributed by atoms with Gasteiger partial charge in [-0.25, -0.2) is 0 Å². The fourth-order valence-electron chi connectivity index (χ4n) is 1.96. The van der Waals surface area contributed by atoms with E-state index in [1.54, 1.807) is 6.07 Å². The number of nitrogens with two attached hydrogens (primary N) is 1. The molecular weight excluding hydrogens is 272 g/mol. The summed E-state index contributed by atoms with van der Waals surface area (Å²) in [6.07, 6.45) is 0.704.